The first-order chi connectivity index (χ1) is 6.09. The van der Waals surface area contributed by atoms with Gasteiger partial charge in [0.1, 0.15) is 5.82 Å². The molecule has 1 N–H and O–H groups in total. The van der Waals surface area contributed by atoms with E-state index in [9.17, 15) is 14.0 Å². The van der Waals surface area contributed by atoms with Crippen LogP contribution in [-0.4, -0.2) is 11.7 Å². The third kappa shape index (κ3) is 1.02. The smallest absolute Gasteiger partial charge is 0.296 e. The van der Waals surface area contributed by atoms with Gasteiger partial charge in [0, 0.05) is 0 Å². The Morgan fingerprint density at radius 1 is 1.31 bits per heavy atom. The summed E-state index contributed by atoms with van der Waals surface area (Å²) in [6.45, 7) is 1.57. The van der Waals surface area contributed by atoms with Gasteiger partial charge >= 0.3 is 0 Å². The van der Waals surface area contributed by atoms with Gasteiger partial charge in [-0.3, -0.25) is 9.59 Å². The standard InChI is InChI=1S/C9H6FNO2/c1-4-2-7-5(3-6(4)10)8(12)9(13)11-7/h2-3H,1H3,(H,11,12,13). The zero-order valence-electron chi connectivity index (χ0n) is 6.85. The summed E-state index contributed by atoms with van der Waals surface area (Å²) >= 11 is 0. The molecule has 13 heavy (non-hydrogen) atoms. The largest absolute Gasteiger partial charge is 0.318 e. The van der Waals surface area contributed by atoms with E-state index in [2.05, 4.69) is 5.32 Å². The zero-order chi connectivity index (χ0) is 9.59. The minimum absolute atomic E-state index is 0.119. The maximum Gasteiger partial charge on any atom is 0.296 e. The molecule has 1 amide bonds. The van der Waals surface area contributed by atoms with Crippen molar-refractivity contribution in [1.82, 2.24) is 0 Å². The molecular weight excluding hydrogens is 173 g/mol. The van der Waals surface area contributed by atoms with Crippen LogP contribution in [0.3, 0.4) is 0 Å². The van der Waals surface area contributed by atoms with Crippen LogP contribution in [0.2, 0.25) is 0 Å². The Bertz CT molecular complexity index is 426. The second kappa shape index (κ2) is 2.39. The lowest BCUT2D eigenvalue weighted by Crippen LogP contribution is -2.12. The van der Waals surface area contributed by atoms with Crippen molar-refractivity contribution in [1.29, 1.82) is 0 Å². The molecule has 0 fully saturated rings. The van der Waals surface area contributed by atoms with Crippen LogP contribution in [0.5, 0.6) is 0 Å². The summed E-state index contributed by atoms with van der Waals surface area (Å²) in [6, 6.07) is 2.54. The fourth-order valence-corrected chi connectivity index (χ4v) is 1.27. The van der Waals surface area contributed by atoms with Crippen LogP contribution < -0.4 is 5.32 Å². The molecule has 0 bridgehead atoms. The molecule has 3 nitrogen and oxygen atoms in total. The number of anilines is 1. The molecule has 0 spiro atoms. The van der Waals surface area contributed by atoms with Gasteiger partial charge in [-0.1, -0.05) is 0 Å². The molecule has 1 heterocycles. The van der Waals surface area contributed by atoms with Crippen LogP contribution in [0.1, 0.15) is 15.9 Å². The number of nitrogens with one attached hydrogen (secondary N) is 1. The van der Waals surface area contributed by atoms with Crippen LogP contribution in [0.25, 0.3) is 0 Å². The fourth-order valence-electron chi connectivity index (χ4n) is 1.27. The van der Waals surface area contributed by atoms with Gasteiger partial charge in [-0.2, -0.15) is 0 Å². The number of ketones is 1. The second-order valence-electron chi connectivity index (χ2n) is 2.93. The topological polar surface area (TPSA) is 46.2 Å². The number of rotatable bonds is 0. The van der Waals surface area contributed by atoms with Gasteiger partial charge in [0.15, 0.2) is 0 Å². The van der Waals surface area contributed by atoms with Gasteiger partial charge < -0.3 is 5.32 Å². The molecule has 0 unspecified atom stereocenters. The van der Waals surface area contributed by atoms with Gasteiger partial charge in [0.05, 0.1) is 11.3 Å². The van der Waals surface area contributed by atoms with E-state index in [-0.39, 0.29) is 5.56 Å². The summed E-state index contributed by atoms with van der Waals surface area (Å²) in [6.07, 6.45) is 0. The highest BCUT2D eigenvalue weighted by Gasteiger charge is 2.28. The fraction of sp³-hybridized carbons (Fsp3) is 0.111. The lowest BCUT2D eigenvalue weighted by Gasteiger charge is -1.99. The van der Waals surface area contributed by atoms with Gasteiger partial charge in [-0.05, 0) is 24.6 Å². The van der Waals surface area contributed by atoms with Gasteiger partial charge in [-0.25, -0.2) is 4.39 Å². The summed E-state index contributed by atoms with van der Waals surface area (Å²) in [5.74, 6) is -1.84. The molecule has 66 valence electrons. The summed E-state index contributed by atoms with van der Waals surface area (Å²) in [5, 5.41) is 2.36. The van der Waals surface area contributed by atoms with Crippen molar-refractivity contribution in [3.8, 4) is 0 Å². The Labute approximate surface area is 73.6 Å². The zero-order valence-corrected chi connectivity index (χ0v) is 6.85. The third-order valence-corrected chi connectivity index (χ3v) is 2.00. The Balaban J connectivity index is 2.66. The van der Waals surface area contributed by atoms with E-state index in [1.165, 1.54) is 6.07 Å². The summed E-state index contributed by atoms with van der Waals surface area (Å²) in [5.41, 5.74) is 0.927. The Morgan fingerprint density at radius 3 is 2.69 bits per heavy atom. The molecule has 0 radical (unpaired) electrons. The molecule has 0 aliphatic carbocycles. The predicted octanol–water partition coefficient (Wildman–Crippen LogP) is 1.27. The van der Waals surface area contributed by atoms with Crippen LogP contribution in [-0.2, 0) is 4.79 Å². The minimum atomic E-state index is -0.694. The first kappa shape index (κ1) is 7.91. The molecule has 2 rings (SSSR count). The van der Waals surface area contributed by atoms with Crippen molar-refractivity contribution < 1.29 is 14.0 Å². The molecule has 1 aromatic carbocycles. The molecule has 1 aliphatic heterocycles. The van der Waals surface area contributed by atoms with Crippen molar-refractivity contribution in [3.63, 3.8) is 0 Å². The van der Waals surface area contributed by atoms with Gasteiger partial charge in [-0.15, -0.1) is 0 Å². The normalized spacial score (nSPS) is 14.3. The van der Waals surface area contributed by atoms with Crippen molar-refractivity contribution in [3.05, 3.63) is 29.1 Å². The average Bonchev–Trinajstić information content (AvgIpc) is 2.32. The highest BCUT2D eigenvalue weighted by atomic mass is 19.1. The van der Waals surface area contributed by atoms with Crippen LogP contribution in [0, 0.1) is 12.7 Å². The first-order valence-electron chi connectivity index (χ1n) is 3.75. The number of benzene rings is 1. The van der Waals surface area contributed by atoms with Crippen molar-refractivity contribution in [2.45, 2.75) is 6.92 Å². The lowest BCUT2D eigenvalue weighted by atomic mass is 10.1. The quantitative estimate of drug-likeness (QED) is 0.609. The number of amides is 1. The maximum atomic E-state index is 13.0. The number of carbonyl (C=O) groups is 2. The van der Waals surface area contributed by atoms with E-state index in [1.54, 1.807) is 6.92 Å². The number of halogens is 1. The summed E-state index contributed by atoms with van der Waals surface area (Å²) < 4.78 is 13.0. The van der Waals surface area contributed by atoms with Crippen LogP contribution in [0.15, 0.2) is 12.1 Å². The van der Waals surface area contributed by atoms with E-state index in [4.69, 9.17) is 0 Å². The van der Waals surface area contributed by atoms with E-state index in [1.807, 2.05) is 0 Å². The number of hydrogen-bond acceptors (Lipinski definition) is 2. The summed E-state index contributed by atoms with van der Waals surface area (Å²) in [4.78, 5) is 22.0. The number of hydrogen-bond donors (Lipinski definition) is 1. The number of Topliss-reactive ketones (excluding diaryl/α,β-unsaturated/α-hetero) is 1. The van der Waals surface area contributed by atoms with Gasteiger partial charge in [0.2, 0.25) is 0 Å². The van der Waals surface area contributed by atoms with Crippen molar-refractivity contribution in [2.24, 2.45) is 0 Å². The Hall–Kier alpha value is -1.71. The predicted molar refractivity (Wildman–Crippen MR) is 44.1 cm³/mol. The number of fused-ring (bicyclic) bond motifs is 1. The molecular formula is C9H6FNO2. The SMILES string of the molecule is Cc1cc2c(cc1F)C(=O)C(=O)N2. The molecule has 0 saturated heterocycles. The molecule has 0 atom stereocenters. The molecule has 1 aliphatic rings. The first-order valence-corrected chi connectivity index (χ1v) is 3.75. The van der Waals surface area contributed by atoms with Crippen LogP contribution in [0.4, 0.5) is 10.1 Å². The number of aryl methyl sites for hydroxylation is 1. The second-order valence-corrected chi connectivity index (χ2v) is 2.93. The Kier molecular flexibility index (Phi) is 1.45. The average molecular weight is 179 g/mol. The third-order valence-electron chi connectivity index (χ3n) is 2.00. The Morgan fingerprint density at radius 2 is 2.00 bits per heavy atom. The summed E-state index contributed by atoms with van der Waals surface area (Å²) in [7, 11) is 0. The van der Waals surface area contributed by atoms with Crippen molar-refractivity contribution >= 4 is 17.4 Å². The van der Waals surface area contributed by atoms with E-state index >= 15 is 0 Å². The lowest BCUT2D eigenvalue weighted by molar-refractivity contribution is -0.112. The highest BCUT2D eigenvalue weighted by Crippen LogP contribution is 2.25. The van der Waals surface area contributed by atoms with E-state index in [0.29, 0.717) is 11.3 Å². The molecule has 1 aromatic rings. The van der Waals surface area contributed by atoms with E-state index < -0.39 is 17.5 Å². The van der Waals surface area contributed by atoms with Gasteiger partial charge in [0.25, 0.3) is 11.7 Å². The monoisotopic (exact) mass is 179 g/mol. The molecule has 0 saturated carbocycles. The highest BCUT2D eigenvalue weighted by molar-refractivity contribution is 6.51. The van der Waals surface area contributed by atoms with E-state index in [0.717, 1.165) is 6.07 Å². The molecule has 0 aromatic heterocycles. The van der Waals surface area contributed by atoms with Crippen molar-refractivity contribution in [2.75, 3.05) is 5.32 Å². The van der Waals surface area contributed by atoms with Crippen LogP contribution >= 0.6 is 0 Å². The number of carbonyl (C=O) groups excluding carboxylic acids is 2. The maximum absolute atomic E-state index is 13.0. The molecule has 4 heteroatoms. The minimum Gasteiger partial charge on any atom is -0.318 e.